The molecule has 1 atom stereocenters. The average Bonchev–Trinajstić information content (AvgIpc) is 3.75. The second kappa shape index (κ2) is 12.3. The van der Waals surface area contributed by atoms with E-state index in [9.17, 15) is 22.4 Å². The van der Waals surface area contributed by atoms with Crippen molar-refractivity contribution in [2.45, 2.75) is 76.7 Å². The van der Waals surface area contributed by atoms with E-state index in [1.54, 1.807) is 12.1 Å². The Bertz CT molecular complexity index is 1490. The predicted molar refractivity (Wildman–Crippen MR) is 158 cm³/mol. The number of carbonyl (C=O) groups excluding carboxylic acids is 1. The zero-order valence-corrected chi connectivity index (χ0v) is 25.7. The Balaban J connectivity index is 1.73. The van der Waals surface area contributed by atoms with Gasteiger partial charge in [0.2, 0.25) is 0 Å². The van der Waals surface area contributed by atoms with Crippen molar-refractivity contribution in [1.29, 1.82) is 0 Å². The summed E-state index contributed by atoms with van der Waals surface area (Å²) >= 11 is 6.01. The Labute approximate surface area is 254 Å². The summed E-state index contributed by atoms with van der Waals surface area (Å²) in [5.41, 5.74) is -2.48. The summed E-state index contributed by atoms with van der Waals surface area (Å²) in [6.45, 7) is 7.76. The van der Waals surface area contributed by atoms with Crippen molar-refractivity contribution >= 4 is 17.5 Å². The molecule has 1 aliphatic rings. The first-order valence-electron chi connectivity index (χ1n) is 14.0. The maximum absolute atomic E-state index is 14.9. The Morgan fingerprint density at radius 1 is 1.05 bits per heavy atom. The standard InChI is InChI=1S/C32H36ClF4N3O3/c1-18(2)40-30(3,4)21-15-25(19-7-11-24(34)23(33)13-19)39-28(16-21)31(5,32(35,36)37)17-38-29(41)20-8-12-26(27(14-20)42-6)43-22-9-10-22/h7-8,11-16,18,22,40H,9-10,17H2,1-6H3,(H,38,41). The molecule has 43 heavy (non-hydrogen) atoms. The van der Waals surface area contributed by atoms with Crippen molar-refractivity contribution in [3.63, 3.8) is 0 Å². The number of pyridine rings is 1. The molecule has 1 aromatic heterocycles. The first-order valence-corrected chi connectivity index (χ1v) is 14.4. The zero-order chi connectivity index (χ0) is 31.7. The number of ether oxygens (including phenoxy) is 2. The number of hydrogen-bond acceptors (Lipinski definition) is 5. The molecule has 1 heterocycles. The molecule has 232 valence electrons. The zero-order valence-electron chi connectivity index (χ0n) is 25.0. The lowest BCUT2D eigenvalue weighted by Gasteiger charge is -2.35. The molecular formula is C32H36ClF4N3O3. The summed E-state index contributed by atoms with van der Waals surface area (Å²) in [5, 5.41) is 5.64. The van der Waals surface area contributed by atoms with Crippen LogP contribution in [0.25, 0.3) is 11.3 Å². The van der Waals surface area contributed by atoms with Crippen LogP contribution >= 0.6 is 11.6 Å². The highest BCUT2D eigenvalue weighted by Crippen LogP contribution is 2.42. The maximum Gasteiger partial charge on any atom is 0.401 e. The number of aromatic nitrogens is 1. The van der Waals surface area contributed by atoms with Crippen LogP contribution in [0.4, 0.5) is 17.6 Å². The van der Waals surface area contributed by atoms with Gasteiger partial charge >= 0.3 is 6.18 Å². The molecule has 1 saturated carbocycles. The molecule has 11 heteroatoms. The minimum absolute atomic E-state index is 0.0154. The number of amides is 1. The van der Waals surface area contributed by atoms with E-state index >= 15 is 0 Å². The number of nitrogens with zero attached hydrogens (tertiary/aromatic N) is 1. The number of alkyl halides is 3. The molecule has 4 rings (SSSR count). The summed E-state index contributed by atoms with van der Waals surface area (Å²) in [4.78, 5) is 17.5. The molecule has 1 unspecified atom stereocenters. The van der Waals surface area contributed by atoms with Crippen LogP contribution in [-0.4, -0.2) is 42.9 Å². The lowest BCUT2D eigenvalue weighted by Crippen LogP contribution is -2.50. The number of rotatable bonds is 11. The average molecular weight is 622 g/mol. The van der Waals surface area contributed by atoms with Crippen molar-refractivity contribution in [2.24, 2.45) is 0 Å². The maximum atomic E-state index is 14.9. The summed E-state index contributed by atoms with van der Waals surface area (Å²) < 4.78 is 69.8. The highest BCUT2D eigenvalue weighted by Gasteiger charge is 2.54. The molecule has 1 aliphatic carbocycles. The van der Waals surface area contributed by atoms with Gasteiger partial charge in [0.25, 0.3) is 5.91 Å². The molecule has 6 nitrogen and oxygen atoms in total. The third-order valence-corrected chi connectivity index (χ3v) is 7.74. The van der Waals surface area contributed by atoms with E-state index in [1.165, 1.54) is 37.4 Å². The van der Waals surface area contributed by atoms with Gasteiger partial charge in [-0.15, -0.1) is 0 Å². The molecule has 0 radical (unpaired) electrons. The molecule has 0 aliphatic heterocycles. The second-order valence-electron chi connectivity index (χ2n) is 11.9. The quantitative estimate of drug-likeness (QED) is 0.216. The van der Waals surface area contributed by atoms with Gasteiger partial charge in [0, 0.05) is 29.3 Å². The molecule has 0 spiro atoms. The van der Waals surface area contributed by atoms with Gasteiger partial charge in [0.15, 0.2) is 11.5 Å². The predicted octanol–water partition coefficient (Wildman–Crippen LogP) is 7.57. The molecule has 2 N–H and O–H groups in total. The normalized spacial score (nSPS) is 15.3. The molecule has 3 aromatic rings. The van der Waals surface area contributed by atoms with Crippen LogP contribution in [0.2, 0.25) is 5.02 Å². The van der Waals surface area contributed by atoms with Crippen LogP contribution < -0.4 is 20.1 Å². The smallest absolute Gasteiger partial charge is 0.401 e. The number of halogens is 5. The topological polar surface area (TPSA) is 72.5 Å². The molecule has 0 bridgehead atoms. The summed E-state index contributed by atoms with van der Waals surface area (Å²) in [6, 6.07) is 11.4. The van der Waals surface area contributed by atoms with Crippen molar-refractivity contribution in [3.05, 3.63) is 76.2 Å². The number of nitrogens with one attached hydrogen (secondary N) is 2. The first kappa shape index (κ1) is 32.5. The summed E-state index contributed by atoms with van der Waals surface area (Å²) in [5.74, 6) is -0.589. The van der Waals surface area contributed by atoms with Gasteiger partial charge in [0.1, 0.15) is 11.2 Å². The first-order chi connectivity index (χ1) is 20.0. The van der Waals surface area contributed by atoms with E-state index in [-0.39, 0.29) is 34.1 Å². The fraction of sp³-hybridized carbons (Fsp3) is 0.438. The Hall–Kier alpha value is -3.37. The lowest BCUT2D eigenvalue weighted by atomic mass is 9.82. The van der Waals surface area contributed by atoms with Crippen LogP contribution in [0, 0.1) is 5.82 Å². The van der Waals surface area contributed by atoms with Gasteiger partial charge in [-0.2, -0.15) is 13.2 Å². The van der Waals surface area contributed by atoms with Crippen molar-refractivity contribution < 1.29 is 31.8 Å². The minimum Gasteiger partial charge on any atom is -0.493 e. The van der Waals surface area contributed by atoms with Crippen molar-refractivity contribution in [1.82, 2.24) is 15.6 Å². The largest absolute Gasteiger partial charge is 0.493 e. The second-order valence-corrected chi connectivity index (χ2v) is 12.3. The van der Waals surface area contributed by atoms with Gasteiger partial charge in [-0.25, -0.2) is 4.39 Å². The fourth-order valence-electron chi connectivity index (χ4n) is 4.75. The monoisotopic (exact) mass is 621 g/mol. The van der Waals surface area contributed by atoms with E-state index in [4.69, 9.17) is 21.1 Å². The van der Waals surface area contributed by atoms with Crippen LogP contribution in [0.15, 0.2) is 48.5 Å². The van der Waals surface area contributed by atoms with Crippen molar-refractivity contribution in [2.75, 3.05) is 13.7 Å². The molecule has 0 saturated heterocycles. The number of carbonyl (C=O) groups is 1. The van der Waals surface area contributed by atoms with Gasteiger partial charge in [-0.1, -0.05) is 25.4 Å². The van der Waals surface area contributed by atoms with Crippen LogP contribution in [0.5, 0.6) is 11.5 Å². The molecule has 1 fully saturated rings. The van der Waals surface area contributed by atoms with E-state index in [1.807, 2.05) is 27.7 Å². The van der Waals surface area contributed by atoms with E-state index < -0.39 is 35.4 Å². The number of hydrogen-bond donors (Lipinski definition) is 2. The summed E-state index contributed by atoms with van der Waals surface area (Å²) in [7, 11) is 1.43. The fourth-order valence-corrected chi connectivity index (χ4v) is 4.93. The highest BCUT2D eigenvalue weighted by atomic mass is 35.5. The Morgan fingerprint density at radius 3 is 2.33 bits per heavy atom. The van der Waals surface area contributed by atoms with Crippen LogP contribution in [0.3, 0.4) is 0 Å². The Kier molecular flexibility index (Phi) is 9.32. The van der Waals surface area contributed by atoms with Gasteiger partial charge < -0.3 is 20.1 Å². The van der Waals surface area contributed by atoms with Gasteiger partial charge in [-0.05, 0) is 87.7 Å². The summed E-state index contributed by atoms with van der Waals surface area (Å²) in [6.07, 6.45) is -2.85. The number of methoxy groups -OCH3 is 1. The number of benzene rings is 2. The van der Waals surface area contributed by atoms with Crippen LogP contribution in [0.1, 0.15) is 69.1 Å². The lowest BCUT2D eigenvalue weighted by molar-refractivity contribution is -0.184. The van der Waals surface area contributed by atoms with Crippen LogP contribution in [-0.2, 0) is 11.0 Å². The SMILES string of the molecule is COc1cc(C(=O)NCC(C)(c2cc(C(C)(C)NC(C)C)cc(-c3ccc(F)c(Cl)c3)n2)C(F)(F)F)ccc1OC1CC1. The molecule has 1 amide bonds. The Morgan fingerprint density at radius 2 is 1.74 bits per heavy atom. The third kappa shape index (κ3) is 7.41. The van der Waals surface area contributed by atoms with Gasteiger partial charge in [-0.3, -0.25) is 9.78 Å². The van der Waals surface area contributed by atoms with Gasteiger partial charge in [0.05, 0.1) is 29.6 Å². The van der Waals surface area contributed by atoms with E-state index in [0.717, 1.165) is 25.8 Å². The third-order valence-electron chi connectivity index (χ3n) is 7.45. The van der Waals surface area contributed by atoms with E-state index in [2.05, 4.69) is 15.6 Å². The van der Waals surface area contributed by atoms with E-state index in [0.29, 0.717) is 22.6 Å². The van der Waals surface area contributed by atoms with Crippen molar-refractivity contribution in [3.8, 4) is 22.8 Å². The molecule has 2 aromatic carbocycles. The highest BCUT2D eigenvalue weighted by molar-refractivity contribution is 6.31. The molecular weight excluding hydrogens is 586 g/mol. The minimum atomic E-state index is -4.81.